The fraction of sp³-hybridized carbons (Fsp3) is 0.0909. The number of hydrogen-bond acceptors (Lipinski definition) is 2. The monoisotopic (exact) mass is 284 g/mol. The third kappa shape index (κ3) is 2.24. The summed E-state index contributed by atoms with van der Waals surface area (Å²) in [7, 11) is 0. The van der Waals surface area contributed by atoms with Crippen molar-refractivity contribution in [3.8, 4) is 11.4 Å². The predicted octanol–water partition coefficient (Wildman–Crippen LogP) is 3.32. The van der Waals surface area contributed by atoms with Crippen LogP contribution in [0.15, 0.2) is 30.6 Å². The Morgan fingerprint density at radius 2 is 1.81 bits per heavy atom. The SMILES string of the molecule is Fc1cnc(-c2cc(CBr)ccc2F)nc1. The van der Waals surface area contributed by atoms with E-state index in [2.05, 4.69) is 25.9 Å². The number of halogens is 3. The Morgan fingerprint density at radius 3 is 2.44 bits per heavy atom. The summed E-state index contributed by atoms with van der Waals surface area (Å²) < 4.78 is 26.1. The van der Waals surface area contributed by atoms with Crippen LogP contribution in [0.1, 0.15) is 5.56 Å². The van der Waals surface area contributed by atoms with Gasteiger partial charge < -0.3 is 0 Å². The smallest absolute Gasteiger partial charge is 0.162 e. The molecule has 0 atom stereocenters. The lowest BCUT2D eigenvalue weighted by molar-refractivity contribution is 0.611. The first-order valence-corrected chi connectivity index (χ1v) is 5.65. The molecule has 2 rings (SSSR count). The van der Waals surface area contributed by atoms with Crippen molar-refractivity contribution in [2.24, 2.45) is 0 Å². The number of benzene rings is 1. The largest absolute Gasteiger partial charge is 0.233 e. The molecule has 16 heavy (non-hydrogen) atoms. The number of nitrogens with zero attached hydrogens (tertiary/aromatic N) is 2. The zero-order valence-electron chi connectivity index (χ0n) is 8.12. The zero-order chi connectivity index (χ0) is 11.5. The van der Waals surface area contributed by atoms with Gasteiger partial charge in [0.1, 0.15) is 5.82 Å². The van der Waals surface area contributed by atoms with E-state index in [9.17, 15) is 8.78 Å². The maximum Gasteiger partial charge on any atom is 0.162 e. The van der Waals surface area contributed by atoms with Gasteiger partial charge in [-0.25, -0.2) is 18.7 Å². The van der Waals surface area contributed by atoms with Crippen LogP contribution < -0.4 is 0 Å². The highest BCUT2D eigenvalue weighted by atomic mass is 79.9. The molecular formula is C11H7BrF2N2. The van der Waals surface area contributed by atoms with Gasteiger partial charge in [0.15, 0.2) is 11.6 Å². The van der Waals surface area contributed by atoms with Crippen molar-refractivity contribution in [2.45, 2.75) is 5.33 Å². The molecule has 82 valence electrons. The van der Waals surface area contributed by atoms with Gasteiger partial charge in [0, 0.05) is 5.33 Å². The van der Waals surface area contributed by atoms with E-state index in [1.807, 2.05) is 0 Å². The number of aromatic nitrogens is 2. The molecule has 1 aromatic heterocycles. The van der Waals surface area contributed by atoms with Gasteiger partial charge in [0.2, 0.25) is 0 Å². The second kappa shape index (κ2) is 4.65. The third-order valence-electron chi connectivity index (χ3n) is 2.05. The van der Waals surface area contributed by atoms with Crippen LogP contribution in [-0.2, 0) is 5.33 Å². The summed E-state index contributed by atoms with van der Waals surface area (Å²) in [6.45, 7) is 0. The Bertz CT molecular complexity index is 500. The van der Waals surface area contributed by atoms with E-state index in [4.69, 9.17) is 0 Å². The van der Waals surface area contributed by atoms with Crippen molar-refractivity contribution in [2.75, 3.05) is 0 Å². The molecule has 0 spiro atoms. The summed E-state index contributed by atoms with van der Waals surface area (Å²) in [6.07, 6.45) is 2.03. The molecule has 1 aromatic carbocycles. The second-order valence-electron chi connectivity index (χ2n) is 3.17. The lowest BCUT2D eigenvalue weighted by Gasteiger charge is -2.03. The topological polar surface area (TPSA) is 25.8 Å². The van der Waals surface area contributed by atoms with Gasteiger partial charge in [-0.3, -0.25) is 0 Å². The maximum atomic E-state index is 13.5. The summed E-state index contributed by atoms with van der Waals surface area (Å²) in [6, 6.07) is 4.65. The van der Waals surface area contributed by atoms with Crippen LogP contribution >= 0.6 is 15.9 Å². The highest BCUT2D eigenvalue weighted by molar-refractivity contribution is 9.08. The van der Waals surface area contributed by atoms with Crippen molar-refractivity contribution in [3.05, 3.63) is 47.8 Å². The quantitative estimate of drug-likeness (QED) is 0.791. The predicted molar refractivity (Wildman–Crippen MR) is 60.0 cm³/mol. The minimum Gasteiger partial charge on any atom is -0.233 e. The summed E-state index contributed by atoms with van der Waals surface area (Å²) in [5.41, 5.74) is 1.18. The van der Waals surface area contributed by atoms with Crippen molar-refractivity contribution in [1.82, 2.24) is 9.97 Å². The van der Waals surface area contributed by atoms with Crippen LogP contribution in [0.25, 0.3) is 11.4 Å². The van der Waals surface area contributed by atoms with E-state index < -0.39 is 11.6 Å². The van der Waals surface area contributed by atoms with Crippen LogP contribution in [0, 0.1) is 11.6 Å². The molecule has 0 saturated heterocycles. The summed E-state index contributed by atoms with van der Waals surface area (Å²) >= 11 is 3.28. The Balaban J connectivity index is 2.50. The second-order valence-corrected chi connectivity index (χ2v) is 3.73. The molecule has 0 aliphatic heterocycles. The first-order valence-electron chi connectivity index (χ1n) is 4.53. The minimum absolute atomic E-state index is 0.182. The average Bonchev–Trinajstić information content (AvgIpc) is 2.31. The molecular weight excluding hydrogens is 278 g/mol. The molecule has 0 amide bonds. The van der Waals surface area contributed by atoms with Gasteiger partial charge in [-0.15, -0.1) is 0 Å². The summed E-state index contributed by atoms with van der Waals surface area (Å²) in [5, 5.41) is 0.613. The first-order chi connectivity index (χ1) is 7.70. The van der Waals surface area contributed by atoms with Crippen molar-refractivity contribution >= 4 is 15.9 Å². The normalized spacial score (nSPS) is 10.4. The number of hydrogen-bond donors (Lipinski definition) is 0. The molecule has 0 aliphatic rings. The number of alkyl halides is 1. The number of rotatable bonds is 2. The Labute approximate surface area is 99.5 Å². The fourth-order valence-corrected chi connectivity index (χ4v) is 1.63. The van der Waals surface area contributed by atoms with Crippen LogP contribution in [-0.4, -0.2) is 9.97 Å². The molecule has 0 bridgehead atoms. The van der Waals surface area contributed by atoms with Crippen molar-refractivity contribution in [1.29, 1.82) is 0 Å². The maximum absolute atomic E-state index is 13.5. The third-order valence-corrected chi connectivity index (χ3v) is 2.69. The highest BCUT2D eigenvalue weighted by Crippen LogP contribution is 2.21. The minimum atomic E-state index is -0.541. The van der Waals surface area contributed by atoms with Gasteiger partial charge in [0.25, 0.3) is 0 Å². The van der Waals surface area contributed by atoms with Gasteiger partial charge in [0.05, 0.1) is 18.0 Å². The molecule has 0 saturated carbocycles. The van der Waals surface area contributed by atoms with Crippen molar-refractivity contribution in [3.63, 3.8) is 0 Å². The molecule has 0 unspecified atom stereocenters. The molecule has 0 fully saturated rings. The van der Waals surface area contributed by atoms with Crippen LogP contribution in [0.3, 0.4) is 0 Å². The van der Waals surface area contributed by atoms with Crippen molar-refractivity contribution < 1.29 is 8.78 Å². The standard InChI is InChI=1S/C11H7BrF2N2/c12-4-7-1-2-10(14)9(3-7)11-15-5-8(13)6-16-11/h1-3,5-6H,4H2. The lowest BCUT2D eigenvalue weighted by atomic mass is 10.1. The Kier molecular flexibility index (Phi) is 3.24. The lowest BCUT2D eigenvalue weighted by Crippen LogP contribution is -1.94. The molecule has 2 aromatic rings. The molecule has 0 aliphatic carbocycles. The average molecular weight is 285 g/mol. The van der Waals surface area contributed by atoms with Crippen LogP contribution in [0.5, 0.6) is 0 Å². The van der Waals surface area contributed by atoms with Gasteiger partial charge in [-0.05, 0) is 17.7 Å². The van der Waals surface area contributed by atoms with E-state index in [1.165, 1.54) is 6.07 Å². The zero-order valence-corrected chi connectivity index (χ0v) is 9.71. The molecule has 1 heterocycles. The van der Waals surface area contributed by atoms with E-state index in [0.717, 1.165) is 18.0 Å². The fourth-order valence-electron chi connectivity index (χ4n) is 1.28. The molecule has 5 heteroatoms. The first kappa shape index (κ1) is 11.1. The highest BCUT2D eigenvalue weighted by Gasteiger charge is 2.08. The van der Waals surface area contributed by atoms with E-state index in [-0.39, 0.29) is 11.4 Å². The Morgan fingerprint density at radius 1 is 1.12 bits per heavy atom. The molecule has 2 nitrogen and oxygen atoms in total. The Hall–Kier alpha value is -1.36. The van der Waals surface area contributed by atoms with E-state index >= 15 is 0 Å². The van der Waals surface area contributed by atoms with Crippen LogP contribution in [0.4, 0.5) is 8.78 Å². The van der Waals surface area contributed by atoms with E-state index in [0.29, 0.717) is 5.33 Å². The summed E-state index contributed by atoms with van der Waals surface area (Å²) in [5.74, 6) is -0.779. The van der Waals surface area contributed by atoms with Gasteiger partial charge in [-0.1, -0.05) is 22.0 Å². The van der Waals surface area contributed by atoms with Crippen LogP contribution in [0.2, 0.25) is 0 Å². The molecule has 0 radical (unpaired) electrons. The van der Waals surface area contributed by atoms with E-state index in [1.54, 1.807) is 12.1 Å². The summed E-state index contributed by atoms with van der Waals surface area (Å²) in [4.78, 5) is 7.49. The molecule has 0 N–H and O–H groups in total. The van der Waals surface area contributed by atoms with Gasteiger partial charge in [-0.2, -0.15) is 0 Å². The van der Waals surface area contributed by atoms with Gasteiger partial charge >= 0.3 is 0 Å².